The van der Waals surface area contributed by atoms with Crippen molar-refractivity contribution in [3.05, 3.63) is 52.4 Å². The van der Waals surface area contributed by atoms with Gasteiger partial charge >= 0.3 is 5.97 Å². The Morgan fingerprint density at radius 2 is 2.10 bits per heavy atom. The zero-order valence-electron chi connectivity index (χ0n) is 10.8. The van der Waals surface area contributed by atoms with E-state index in [9.17, 15) is 9.18 Å². The lowest BCUT2D eigenvalue weighted by Crippen LogP contribution is -2.07. The van der Waals surface area contributed by atoms with E-state index in [0.29, 0.717) is 5.03 Å². The van der Waals surface area contributed by atoms with Crippen LogP contribution in [0.25, 0.3) is 0 Å². The number of hydrogen-bond acceptors (Lipinski definition) is 4. The van der Waals surface area contributed by atoms with E-state index in [-0.39, 0.29) is 10.7 Å². The summed E-state index contributed by atoms with van der Waals surface area (Å²) in [5, 5.41) is 0.661. The Kier molecular flexibility index (Phi) is 4.62. The number of hydrogen-bond donors (Lipinski definition) is 0. The number of halogens is 2. The van der Waals surface area contributed by atoms with Gasteiger partial charge in [0.2, 0.25) is 0 Å². The van der Waals surface area contributed by atoms with Gasteiger partial charge in [0.25, 0.3) is 0 Å². The molecule has 1 aromatic carbocycles. The second-order valence-electron chi connectivity index (χ2n) is 3.98. The number of carbonyl (C=O) groups is 1. The second-order valence-corrected chi connectivity index (χ2v) is 5.49. The highest BCUT2D eigenvalue weighted by Crippen LogP contribution is 2.29. The molecular weight excluding hydrogens is 301 g/mol. The predicted octanol–water partition coefficient (Wildman–Crippen LogP) is 4.12. The summed E-state index contributed by atoms with van der Waals surface area (Å²) in [5.41, 5.74) is 1.00. The van der Waals surface area contributed by atoms with Crippen LogP contribution in [-0.2, 0) is 4.74 Å². The Labute approximate surface area is 125 Å². The lowest BCUT2D eigenvalue weighted by atomic mass is 10.2. The molecule has 0 aliphatic carbocycles. The van der Waals surface area contributed by atoms with Gasteiger partial charge < -0.3 is 4.74 Å². The maximum Gasteiger partial charge on any atom is 0.356 e. The highest BCUT2D eigenvalue weighted by molar-refractivity contribution is 7.99. The Morgan fingerprint density at radius 1 is 1.35 bits per heavy atom. The van der Waals surface area contributed by atoms with Gasteiger partial charge in [0.1, 0.15) is 10.8 Å². The van der Waals surface area contributed by atoms with E-state index in [4.69, 9.17) is 11.6 Å². The van der Waals surface area contributed by atoms with Crippen LogP contribution in [0.5, 0.6) is 0 Å². The molecule has 104 valence electrons. The predicted molar refractivity (Wildman–Crippen MR) is 75.8 cm³/mol. The molecule has 0 aliphatic heterocycles. The molecule has 0 aliphatic rings. The smallest absolute Gasteiger partial charge is 0.356 e. The van der Waals surface area contributed by atoms with Crippen LogP contribution < -0.4 is 0 Å². The number of esters is 1. The molecule has 0 bridgehead atoms. The second kappa shape index (κ2) is 6.24. The average molecular weight is 312 g/mol. The maximum atomic E-state index is 13.1. The molecule has 2 aromatic rings. The minimum atomic E-state index is -0.484. The molecule has 3 nitrogen and oxygen atoms in total. The lowest BCUT2D eigenvalue weighted by molar-refractivity contribution is 0.0592. The highest BCUT2D eigenvalue weighted by atomic mass is 35.5. The molecule has 2 rings (SSSR count). The van der Waals surface area contributed by atoms with Crippen molar-refractivity contribution < 1.29 is 13.9 Å². The molecule has 1 heterocycles. The van der Waals surface area contributed by atoms with Crippen LogP contribution in [0.2, 0.25) is 5.02 Å². The van der Waals surface area contributed by atoms with Crippen molar-refractivity contribution >= 4 is 29.3 Å². The van der Waals surface area contributed by atoms with E-state index in [2.05, 4.69) is 9.72 Å². The van der Waals surface area contributed by atoms with Gasteiger partial charge in [-0.25, -0.2) is 14.2 Å². The standard InChI is InChI=1S/C14H11ClFNO2S/c1-8-3-6-12(17-13(8)14(18)19-2)20-9-4-5-11(16)10(15)7-9/h3-7H,1-2H3. The van der Waals surface area contributed by atoms with Crippen LogP contribution in [0.15, 0.2) is 40.3 Å². The van der Waals surface area contributed by atoms with Crippen LogP contribution in [0.1, 0.15) is 16.1 Å². The SMILES string of the molecule is COC(=O)c1nc(Sc2ccc(F)c(Cl)c2)ccc1C. The van der Waals surface area contributed by atoms with Crippen molar-refractivity contribution in [2.24, 2.45) is 0 Å². The number of benzene rings is 1. The third-order valence-corrected chi connectivity index (χ3v) is 3.78. The summed E-state index contributed by atoms with van der Waals surface area (Å²) in [7, 11) is 1.31. The van der Waals surface area contributed by atoms with Gasteiger partial charge in [-0.3, -0.25) is 0 Å². The third-order valence-electron chi connectivity index (χ3n) is 2.56. The van der Waals surface area contributed by atoms with Gasteiger partial charge in [0, 0.05) is 4.90 Å². The van der Waals surface area contributed by atoms with E-state index in [1.54, 1.807) is 25.1 Å². The number of nitrogens with zero attached hydrogens (tertiary/aromatic N) is 1. The number of carbonyl (C=O) groups excluding carboxylic acids is 1. The van der Waals surface area contributed by atoms with Gasteiger partial charge in [-0.2, -0.15) is 0 Å². The van der Waals surface area contributed by atoms with Gasteiger partial charge in [-0.05, 0) is 36.8 Å². The first-order valence-corrected chi connectivity index (χ1v) is 6.89. The molecule has 0 amide bonds. The molecule has 0 unspecified atom stereocenters. The molecule has 20 heavy (non-hydrogen) atoms. The summed E-state index contributed by atoms with van der Waals surface area (Å²) in [6.45, 7) is 1.78. The Balaban J connectivity index is 2.29. The summed E-state index contributed by atoms with van der Waals surface area (Å²) in [6, 6.07) is 7.97. The fourth-order valence-corrected chi connectivity index (χ4v) is 2.60. The first-order chi connectivity index (χ1) is 9.51. The lowest BCUT2D eigenvalue weighted by Gasteiger charge is -2.06. The van der Waals surface area contributed by atoms with Crippen molar-refractivity contribution in [2.45, 2.75) is 16.8 Å². The summed E-state index contributed by atoms with van der Waals surface area (Å²) in [6.07, 6.45) is 0. The number of aromatic nitrogens is 1. The zero-order chi connectivity index (χ0) is 14.7. The first kappa shape index (κ1) is 14.8. The number of methoxy groups -OCH3 is 1. The Hall–Kier alpha value is -1.59. The van der Waals surface area contributed by atoms with Gasteiger partial charge in [0.05, 0.1) is 12.1 Å². The van der Waals surface area contributed by atoms with Crippen LogP contribution in [0, 0.1) is 12.7 Å². The van der Waals surface area contributed by atoms with E-state index < -0.39 is 11.8 Å². The van der Waals surface area contributed by atoms with Crippen LogP contribution in [0.3, 0.4) is 0 Å². The van der Waals surface area contributed by atoms with Crippen molar-refractivity contribution in [3.63, 3.8) is 0 Å². The van der Waals surface area contributed by atoms with Gasteiger partial charge in [0.15, 0.2) is 5.69 Å². The van der Waals surface area contributed by atoms with Crippen molar-refractivity contribution in [3.8, 4) is 0 Å². The Morgan fingerprint density at radius 3 is 2.75 bits per heavy atom. The maximum absolute atomic E-state index is 13.1. The molecule has 6 heteroatoms. The van der Waals surface area contributed by atoms with E-state index in [1.807, 2.05) is 0 Å². The normalized spacial score (nSPS) is 10.4. The molecule has 0 saturated carbocycles. The topological polar surface area (TPSA) is 39.2 Å². The molecule has 0 radical (unpaired) electrons. The molecule has 1 aromatic heterocycles. The van der Waals surface area contributed by atoms with Gasteiger partial charge in [-0.15, -0.1) is 0 Å². The highest BCUT2D eigenvalue weighted by Gasteiger charge is 2.12. The van der Waals surface area contributed by atoms with Crippen molar-refractivity contribution in [2.75, 3.05) is 7.11 Å². The van der Waals surface area contributed by atoms with Crippen LogP contribution in [-0.4, -0.2) is 18.1 Å². The van der Waals surface area contributed by atoms with E-state index >= 15 is 0 Å². The summed E-state index contributed by atoms with van der Waals surface area (Å²) < 4.78 is 17.8. The summed E-state index contributed by atoms with van der Waals surface area (Å²) >= 11 is 7.02. The minimum Gasteiger partial charge on any atom is -0.464 e. The first-order valence-electron chi connectivity index (χ1n) is 5.70. The Bertz CT molecular complexity index is 664. The zero-order valence-corrected chi connectivity index (χ0v) is 12.4. The molecule has 0 spiro atoms. The monoisotopic (exact) mass is 311 g/mol. The largest absolute Gasteiger partial charge is 0.464 e. The van der Waals surface area contributed by atoms with Crippen molar-refractivity contribution in [1.29, 1.82) is 0 Å². The number of ether oxygens (including phenoxy) is 1. The minimum absolute atomic E-state index is 0.0512. The van der Waals surface area contributed by atoms with Crippen molar-refractivity contribution in [1.82, 2.24) is 4.98 Å². The molecule has 0 atom stereocenters. The molecule has 0 fully saturated rings. The average Bonchev–Trinajstić information content (AvgIpc) is 2.44. The fourth-order valence-electron chi connectivity index (χ4n) is 1.53. The quantitative estimate of drug-likeness (QED) is 0.799. The van der Waals surface area contributed by atoms with E-state index in [1.165, 1.54) is 31.0 Å². The van der Waals surface area contributed by atoms with Gasteiger partial charge in [-0.1, -0.05) is 29.4 Å². The van der Waals surface area contributed by atoms with E-state index in [0.717, 1.165) is 10.5 Å². The number of aryl methyl sites for hydroxylation is 1. The third kappa shape index (κ3) is 3.29. The summed E-state index contributed by atoms with van der Waals surface area (Å²) in [4.78, 5) is 16.6. The number of pyridine rings is 1. The fraction of sp³-hybridized carbons (Fsp3) is 0.143. The number of rotatable bonds is 3. The summed E-state index contributed by atoms with van der Waals surface area (Å²) in [5.74, 6) is -0.953. The molecule has 0 N–H and O–H groups in total. The van der Waals surface area contributed by atoms with Crippen LogP contribution in [0.4, 0.5) is 4.39 Å². The van der Waals surface area contributed by atoms with Crippen LogP contribution >= 0.6 is 23.4 Å². The molecular formula is C14H11ClFNO2S. The molecule has 0 saturated heterocycles.